The molecule has 0 bridgehead atoms. The second kappa shape index (κ2) is 7.65. The lowest BCUT2D eigenvalue weighted by Crippen LogP contribution is -2.38. The number of halogens is 3. The number of amides is 2. The third-order valence-electron chi connectivity index (χ3n) is 3.57. The van der Waals surface area contributed by atoms with Crippen LogP contribution in [0.2, 0.25) is 0 Å². The first-order valence-corrected chi connectivity index (χ1v) is 7.33. The van der Waals surface area contributed by atoms with Crippen LogP contribution >= 0.6 is 0 Å². The van der Waals surface area contributed by atoms with Crippen molar-refractivity contribution >= 4 is 11.7 Å². The monoisotopic (exact) mass is 331 g/mol. The highest BCUT2D eigenvalue weighted by atomic mass is 19.4. The van der Waals surface area contributed by atoms with Crippen molar-refractivity contribution in [2.45, 2.75) is 6.18 Å². The number of hydrogen-bond donors (Lipinski definition) is 2. The first-order chi connectivity index (χ1) is 10.9. The molecule has 0 spiro atoms. The second-order valence-electron chi connectivity index (χ2n) is 5.58. The molecule has 1 saturated heterocycles. The molecule has 1 aromatic carbocycles. The number of carbonyl (C=O) groups is 1. The third-order valence-corrected chi connectivity index (χ3v) is 3.57. The van der Waals surface area contributed by atoms with E-state index in [0.717, 1.165) is 19.2 Å². The smallest absolute Gasteiger partial charge is 0.380 e. The Morgan fingerprint density at radius 2 is 2.13 bits per heavy atom. The lowest BCUT2D eigenvalue weighted by Gasteiger charge is -2.19. The molecule has 2 rings (SSSR count). The molecule has 2 N–H and O–H groups in total. The summed E-state index contributed by atoms with van der Waals surface area (Å²) in [7, 11) is 1.96. The highest BCUT2D eigenvalue weighted by molar-refractivity contribution is 5.90. The zero-order valence-corrected chi connectivity index (χ0v) is 12.8. The number of benzene rings is 1. The predicted molar refractivity (Wildman–Crippen MR) is 80.3 cm³/mol. The second-order valence-corrected chi connectivity index (χ2v) is 5.58. The normalized spacial score (nSPS) is 19.9. The minimum Gasteiger partial charge on any atom is -0.380 e. The van der Waals surface area contributed by atoms with Gasteiger partial charge in [-0.15, -0.1) is 0 Å². The van der Waals surface area contributed by atoms with Gasteiger partial charge >= 0.3 is 12.2 Å². The number of nitrogens with one attached hydrogen (secondary N) is 2. The molecule has 1 unspecified atom stereocenters. The van der Waals surface area contributed by atoms with E-state index in [-0.39, 0.29) is 11.6 Å². The van der Waals surface area contributed by atoms with E-state index in [2.05, 4.69) is 15.5 Å². The van der Waals surface area contributed by atoms with Gasteiger partial charge in [0.2, 0.25) is 0 Å². The topological polar surface area (TPSA) is 53.6 Å². The number of hydrogen-bond acceptors (Lipinski definition) is 3. The summed E-state index contributed by atoms with van der Waals surface area (Å²) in [6.45, 7) is 3.08. The minimum absolute atomic E-state index is 0.103. The van der Waals surface area contributed by atoms with Crippen molar-refractivity contribution < 1.29 is 22.7 Å². The van der Waals surface area contributed by atoms with Crippen molar-refractivity contribution in [3.05, 3.63) is 29.8 Å². The van der Waals surface area contributed by atoms with Crippen molar-refractivity contribution in [1.29, 1.82) is 0 Å². The van der Waals surface area contributed by atoms with Gasteiger partial charge < -0.3 is 20.3 Å². The Kier molecular flexibility index (Phi) is 5.84. The number of alkyl halides is 3. The molecule has 1 fully saturated rings. The Labute approximate surface area is 132 Å². The highest BCUT2D eigenvalue weighted by Crippen LogP contribution is 2.34. The first kappa shape index (κ1) is 17.6. The van der Waals surface area contributed by atoms with Crippen LogP contribution in [0.25, 0.3) is 0 Å². The number of nitrogens with zero attached hydrogens (tertiary/aromatic N) is 1. The van der Waals surface area contributed by atoms with Gasteiger partial charge in [-0.2, -0.15) is 13.2 Å². The number of rotatable bonds is 3. The van der Waals surface area contributed by atoms with Gasteiger partial charge in [-0.05, 0) is 19.2 Å². The Balaban J connectivity index is 1.90. The molecule has 1 heterocycles. The maximum Gasteiger partial charge on any atom is 0.418 e. The summed E-state index contributed by atoms with van der Waals surface area (Å²) in [6.07, 6.45) is -4.51. The standard InChI is InChI=1S/C15H20F3N3O2/c1-21-6-7-23-10-11(9-21)8-19-14(22)20-13-5-3-2-4-12(13)15(16,17)18/h2-5,11H,6-10H2,1H3,(H2,19,20,22). The molecule has 23 heavy (non-hydrogen) atoms. The zero-order valence-electron chi connectivity index (χ0n) is 12.8. The molecule has 1 atom stereocenters. The molecular formula is C15H20F3N3O2. The molecule has 1 aliphatic heterocycles. The number of urea groups is 1. The molecule has 0 radical (unpaired) electrons. The molecule has 8 heteroatoms. The number of likely N-dealkylation sites (N-methyl/N-ethyl adjacent to an activating group) is 1. The zero-order chi connectivity index (χ0) is 16.9. The Morgan fingerprint density at radius 1 is 1.39 bits per heavy atom. The molecule has 0 saturated carbocycles. The van der Waals surface area contributed by atoms with Gasteiger partial charge in [-0.1, -0.05) is 12.1 Å². The van der Waals surface area contributed by atoms with E-state index >= 15 is 0 Å². The Morgan fingerprint density at radius 3 is 2.87 bits per heavy atom. The molecular weight excluding hydrogens is 311 g/mol. The third kappa shape index (κ3) is 5.40. The van der Waals surface area contributed by atoms with E-state index in [4.69, 9.17) is 4.74 Å². The lowest BCUT2D eigenvalue weighted by atomic mass is 10.1. The van der Waals surface area contributed by atoms with E-state index in [1.54, 1.807) is 0 Å². The summed E-state index contributed by atoms with van der Waals surface area (Å²) in [5.41, 5.74) is -1.13. The van der Waals surface area contributed by atoms with E-state index in [1.807, 2.05) is 7.05 Å². The molecule has 0 aromatic heterocycles. The van der Waals surface area contributed by atoms with Gasteiger partial charge in [0.1, 0.15) is 0 Å². The molecule has 1 aromatic rings. The SMILES string of the molecule is CN1CCOCC(CNC(=O)Nc2ccccc2C(F)(F)F)C1. The number of ether oxygens (including phenoxy) is 1. The summed E-state index contributed by atoms with van der Waals surface area (Å²) in [6, 6.07) is 4.23. The Bertz CT molecular complexity index is 537. The average molecular weight is 331 g/mol. The van der Waals surface area contributed by atoms with Crippen molar-refractivity contribution in [2.24, 2.45) is 5.92 Å². The lowest BCUT2D eigenvalue weighted by molar-refractivity contribution is -0.136. The van der Waals surface area contributed by atoms with Gasteiger partial charge in [0.15, 0.2) is 0 Å². The highest BCUT2D eigenvalue weighted by Gasteiger charge is 2.33. The van der Waals surface area contributed by atoms with E-state index in [1.165, 1.54) is 18.2 Å². The van der Waals surface area contributed by atoms with Crippen molar-refractivity contribution in [3.8, 4) is 0 Å². The van der Waals surface area contributed by atoms with Crippen LogP contribution in [0.5, 0.6) is 0 Å². The van der Waals surface area contributed by atoms with Gasteiger partial charge in [0, 0.05) is 25.6 Å². The van der Waals surface area contributed by atoms with Crippen molar-refractivity contribution in [1.82, 2.24) is 10.2 Å². The van der Waals surface area contributed by atoms with Gasteiger partial charge in [0.05, 0.1) is 24.5 Å². The number of anilines is 1. The van der Waals surface area contributed by atoms with Crippen LogP contribution < -0.4 is 10.6 Å². The molecule has 1 aliphatic rings. The van der Waals surface area contributed by atoms with Gasteiger partial charge in [-0.3, -0.25) is 0 Å². The van der Waals surface area contributed by atoms with E-state index in [0.29, 0.717) is 19.8 Å². The van der Waals surface area contributed by atoms with Crippen molar-refractivity contribution in [2.75, 3.05) is 45.2 Å². The number of carbonyl (C=O) groups excluding carboxylic acids is 1. The fraction of sp³-hybridized carbons (Fsp3) is 0.533. The molecule has 2 amide bonds. The van der Waals surface area contributed by atoms with Crippen LogP contribution in [0.3, 0.4) is 0 Å². The van der Waals surface area contributed by atoms with Crippen LogP contribution in [-0.2, 0) is 10.9 Å². The summed E-state index contributed by atoms with van der Waals surface area (Å²) in [4.78, 5) is 14.0. The molecule has 128 valence electrons. The molecule has 0 aliphatic carbocycles. The molecule has 5 nitrogen and oxygen atoms in total. The van der Waals surface area contributed by atoms with Crippen LogP contribution in [-0.4, -0.2) is 50.8 Å². The van der Waals surface area contributed by atoms with Crippen LogP contribution in [0.1, 0.15) is 5.56 Å². The fourth-order valence-electron chi connectivity index (χ4n) is 2.42. The van der Waals surface area contributed by atoms with E-state index in [9.17, 15) is 18.0 Å². The maximum atomic E-state index is 12.9. The van der Waals surface area contributed by atoms with Crippen LogP contribution in [0.4, 0.5) is 23.7 Å². The Hall–Kier alpha value is -1.80. The quantitative estimate of drug-likeness (QED) is 0.894. The summed E-state index contributed by atoms with van der Waals surface area (Å²) in [5, 5.41) is 4.86. The van der Waals surface area contributed by atoms with Gasteiger partial charge in [-0.25, -0.2) is 4.79 Å². The number of para-hydroxylation sites is 1. The van der Waals surface area contributed by atoms with E-state index < -0.39 is 17.8 Å². The first-order valence-electron chi connectivity index (χ1n) is 7.33. The van der Waals surface area contributed by atoms with Crippen molar-refractivity contribution in [3.63, 3.8) is 0 Å². The summed E-state index contributed by atoms with van der Waals surface area (Å²) >= 11 is 0. The minimum atomic E-state index is -4.51. The van der Waals surface area contributed by atoms with Gasteiger partial charge in [0.25, 0.3) is 0 Å². The summed E-state index contributed by atoms with van der Waals surface area (Å²) < 4.78 is 44.0. The van der Waals surface area contributed by atoms with Crippen LogP contribution in [0, 0.1) is 5.92 Å². The van der Waals surface area contributed by atoms with Crippen LogP contribution in [0.15, 0.2) is 24.3 Å². The maximum absolute atomic E-state index is 12.9. The fourth-order valence-corrected chi connectivity index (χ4v) is 2.42. The average Bonchev–Trinajstić information content (AvgIpc) is 2.69. The predicted octanol–water partition coefficient (Wildman–Crippen LogP) is 2.41. The summed E-state index contributed by atoms with van der Waals surface area (Å²) in [5.74, 6) is 0.103. The largest absolute Gasteiger partial charge is 0.418 e.